The van der Waals surface area contributed by atoms with E-state index in [1.165, 1.54) is 49.6 Å². The van der Waals surface area contributed by atoms with Crippen molar-refractivity contribution in [2.24, 2.45) is 0 Å². The highest BCUT2D eigenvalue weighted by Crippen LogP contribution is 2.34. The average molecular weight is 414 g/mol. The van der Waals surface area contributed by atoms with E-state index in [0.717, 1.165) is 4.90 Å². The van der Waals surface area contributed by atoms with Gasteiger partial charge in [0.15, 0.2) is 17.3 Å². The van der Waals surface area contributed by atoms with Gasteiger partial charge in [0, 0.05) is 17.7 Å². The monoisotopic (exact) mass is 414 g/mol. The van der Waals surface area contributed by atoms with Gasteiger partial charge in [-0.3, -0.25) is 29.4 Å². The van der Waals surface area contributed by atoms with Gasteiger partial charge in [-0.25, -0.2) is 0 Å². The summed E-state index contributed by atoms with van der Waals surface area (Å²) in [5.41, 5.74) is 0.522. The summed E-state index contributed by atoms with van der Waals surface area (Å²) in [7, 11) is 1.39. The molecule has 0 radical (unpaired) electrons. The number of nitrogens with zero attached hydrogens (tertiary/aromatic N) is 2. The van der Waals surface area contributed by atoms with Crippen molar-refractivity contribution in [1.82, 2.24) is 4.90 Å². The molecule has 1 aliphatic rings. The van der Waals surface area contributed by atoms with E-state index in [9.17, 15) is 29.6 Å². The third-order valence-corrected chi connectivity index (χ3v) is 4.98. The fourth-order valence-electron chi connectivity index (χ4n) is 2.58. The van der Waals surface area contributed by atoms with Crippen LogP contribution >= 0.6 is 11.8 Å². The zero-order chi connectivity index (χ0) is 21.1. The first-order valence-electron chi connectivity index (χ1n) is 8.20. The molecule has 0 unspecified atom stereocenters. The zero-order valence-corrected chi connectivity index (χ0v) is 15.8. The fourth-order valence-corrected chi connectivity index (χ4v) is 3.41. The molecule has 3 rings (SSSR count). The lowest BCUT2D eigenvalue weighted by Gasteiger charge is -2.11. The molecule has 0 atom stereocenters. The van der Waals surface area contributed by atoms with Crippen LogP contribution in [0.1, 0.15) is 15.9 Å². The first-order valence-corrected chi connectivity index (χ1v) is 9.02. The summed E-state index contributed by atoms with van der Waals surface area (Å²) in [5, 5.41) is 19.7. The summed E-state index contributed by atoms with van der Waals surface area (Å²) in [4.78, 5) is 48.1. The Bertz CT molecular complexity index is 1050. The first kappa shape index (κ1) is 20.1. The number of thioether (sulfide) groups is 1. The number of nitro benzene ring substituents is 1. The normalized spacial score (nSPS) is 15.1. The van der Waals surface area contributed by atoms with Crippen LogP contribution in [-0.4, -0.2) is 45.5 Å². The van der Waals surface area contributed by atoms with Gasteiger partial charge in [-0.2, -0.15) is 0 Å². The number of carbonyl (C=O) groups excluding carboxylic acids is 3. The molecule has 2 amide bonds. The Labute approximate surface area is 168 Å². The maximum Gasteiger partial charge on any atom is 0.293 e. The van der Waals surface area contributed by atoms with Gasteiger partial charge in [-0.1, -0.05) is 6.07 Å². The van der Waals surface area contributed by atoms with E-state index in [0.29, 0.717) is 17.3 Å². The number of Topliss-reactive ketones (excluding diaryl/α,β-unsaturated/α-hetero) is 1. The van der Waals surface area contributed by atoms with Crippen LogP contribution in [0, 0.1) is 10.1 Å². The van der Waals surface area contributed by atoms with Crippen molar-refractivity contribution in [2.75, 3.05) is 13.7 Å². The lowest BCUT2D eigenvalue weighted by Crippen LogP contribution is -2.33. The summed E-state index contributed by atoms with van der Waals surface area (Å²) in [6.07, 6.45) is 1.46. The van der Waals surface area contributed by atoms with E-state index in [2.05, 4.69) is 0 Å². The number of carbonyl (C=O) groups is 3. The highest BCUT2D eigenvalue weighted by Gasteiger charge is 2.36. The minimum absolute atomic E-state index is 0.0635. The SMILES string of the molecule is COc1cc(/C=C2/SC(=O)N(CC(=O)c3ccc([N+](=O)[O-])cc3)C2=O)ccc1O. The van der Waals surface area contributed by atoms with Crippen LogP contribution in [0.5, 0.6) is 11.5 Å². The molecule has 1 heterocycles. The Hall–Kier alpha value is -3.66. The van der Waals surface area contributed by atoms with Crippen LogP contribution in [0.4, 0.5) is 10.5 Å². The number of phenolic OH excluding ortho intramolecular Hbond substituents is 1. The van der Waals surface area contributed by atoms with Crippen molar-refractivity contribution >= 4 is 40.5 Å². The van der Waals surface area contributed by atoms with Crippen molar-refractivity contribution in [3.63, 3.8) is 0 Å². The van der Waals surface area contributed by atoms with Gasteiger partial charge >= 0.3 is 0 Å². The van der Waals surface area contributed by atoms with Gasteiger partial charge in [0.05, 0.1) is 23.5 Å². The number of rotatable bonds is 6. The Balaban J connectivity index is 1.76. The molecule has 1 aliphatic heterocycles. The van der Waals surface area contributed by atoms with Crippen molar-refractivity contribution < 1.29 is 29.2 Å². The van der Waals surface area contributed by atoms with Crippen LogP contribution in [0.2, 0.25) is 0 Å². The van der Waals surface area contributed by atoms with E-state index in [1.807, 2.05) is 0 Å². The number of amides is 2. The number of methoxy groups -OCH3 is 1. The predicted octanol–water partition coefficient (Wildman–Crippen LogP) is 3.23. The maximum absolute atomic E-state index is 12.5. The number of imide groups is 1. The van der Waals surface area contributed by atoms with Gasteiger partial charge in [-0.05, 0) is 47.7 Å². The minimum atomic E-state index is -0.623. The van der Waals surface area contributed by atoms with Crippen LogP contribution < -0.4 is 4.74 Å². The predicted molar refractivity (Wildman–Crippen MR) is 105 cm³/mol. The number of benzene rings is 2. The molecular formula is C19H14N2O7S. The molecule has 0 spiro atoms. The molecule has 2 aromatic carbocycles. The second-order valence-electron chi connectivity index (χ2n) is 5.93. The topological polar surface area (TPSA) is 127 Å². The van der Waals surface area contributed by atoms with E-state index in [-0.39, 0.29) is 27.7 Å². The number of phenols is 1. The maximum atomic E-state index is 12.5. The number of hydrogen-bond donors (Lipinski definition) is 1. The fraction of sp³-hybridized carbons (Fsp3) is 0.105. The Morgan fingerprint density at radius 3 is 2.55 bits per heavy atom. The van der Waals surface area contributed by atoms with Crippen LogP contribution in [0.15, 0.2) is 47.4 Å². The molecule has 0 saturated carbocycles. The van der Waals surface area contributed by atoms with Gasteiger partial charge in [0.2, 0.25) is 0 Å². The molecule has 1 saturated heterocycles. The second-order valence-corrected chi connectivity index (χ2v) is 6.92. The summed E-state index contributed by atoms with van der Waals surface area (Å²) in [6.45, 7) is -0.473. The van der Waals surface area contributed by atoms with Gasteiger partial charge in [-0.15, -0.1) is 0 Å². The largest absolute Gasteiger partial charge is 0.504 e. The van der Waals surface area contributed by atoms with E-state index in [4.69, 9.17) is 4.74 Å². The first-order chi connectivity index (χ1) is 13.8. The van der Waals surface area contributed by atoms with E-state index >= 15 is 0 Å². The van der Waals surface area contributed by atoms with Crippen molar-refractivity contribution in [1.29, 1.82) is 0 Å². The van der Waals surface area contributed by atoms with Crippen molar-refractivity contribution in [2.45, 2.75) is 0 Å². The molecular weight excluding hydrogens is 400 g/mol. The lowest BCUT2D eigenvalue weighted by atomic mass is 10.1. The molecule has 0 bridgehead atoms. The van der Waals surface area contributed by atoms with Gasteiger partial charge < -0.3 is 9.84 Å². The molecule has 2 aromatic rings. The standard InChI is InChI=1S/C19H14N2O7S/c1-28-16-8-11(2-7-14(16)22)9-17-18(24)20(19(25)29-17)10-15(23)12-3-5-13(6-4-12)21(26)27/h2-9,22H,10H2,1H3/b17-9+. The zero-order valence-electron chi connectivity index (χ0n) is 15.0. The molecule has 148 valence electrons. The number of ketones is 1. The number of hydrogen-bond acceptors (Lipinski definition) is 8. The summed E-state index contributed by atoms with van der Waals surface area (Å²) >= 11 is 0.692. The second kappa shape index (κ2) is 8.15. The minimum Gasteiger partial charge on any atom is -0.504 e. The molecule has 0 aromatic heterocycles. The third-order valence-electron chi connectivity index (χ3n) is 4.08. The van der Waals surface area contributed by atoms with Crippen LogP contribution in [-0.2, 0) is 4.79 Å². The average Bonchev–Trinajstić information content (AvgIpc) is 2.96. The highest BCUT2D eigenvalue weighted by molar-refractivity contribution is 8.18. The van der Waals surface area contributed by atoms with Crippen molar-refractivity contribution in [3.8, 4) is 11.5 Å². The number of aromatic hydroxyl groups is 1. The van der Waals surface area contributed by atoms with Gasteiger partial charge in [0.25, 0.3) is 16.8 Å². The Morgan fingerprint density at radius 1 is 1.24 bits per heavy atom. The molecule has 9 nitrogen and oxygen atoms in total. The number of ether oxygens (including phenoxy) is 1. The molecule has 29 heavy (non-hydrogen) atoms. The molecule has 10 heteroatoms. The summed E-state index contributed by atoms with van der Waals surface area (Å²) in [6, 6.07) is 9.36. The molecule has 1 fully saturated rings. The quantitative estimate of drug-likeness (QED) is 0.330. The third kappa shape index (κ3) is 4.27. The summed E-state index contributed by atoms with van der Waals surface area (Å²) in [5.74, 6) is -0.991. The highest BCUT2D eigenvalue weighted by atomic mass is 32.2. The number of nitro groups is 1. The number of non-ortho nitro benzene ring substituents is 1. The Morgan fingerprint density at radius 2 is 1.93 bits per heavy atom. The molecule has 0 aliphatic carbocycles. The summed E-state index contributed by atoms with van der Waals surface area (Å²) < 4.78 is 5.01. The van der Waals surface area contributed by atoms with Crippen molar-refractivity contribution in [3.05, 3.63) is 68.6 Å². The Kier molecular flexibility index (Phi) is 5.64. The smallest absolute Gasteiger partial charge is 0.293 e. The van der Waals surface area contributed by atoms with E-state index < -0.39 is 28.4 Å². The van der Waals surface area contributed by atoms with Crippen LogP contribution in [0.3, 0.4) is 0 Å². The van der Waals surface area contributed by atoms with E-state index in [1.54, 1.807) is 6.07 Å². The molecule has 1 N–H and O–H groups in total. The lowest BCUT2D eigenvalue weighted by molar-refractivity contribution is -0.384. The van der Waals surface area contributed by atoms with Crippen LogP contribution in [0.25, 0.3) is 6.08 Å². The van der Waals surface area contributed by atoms with Gasteiger partial charge in [0.1, 0.15) is 0 Å².